The predicted molar refractivity (Wildman–Crippen MR) is 105 cm³/mol. The lowest BCUT2D eigenvalue weighted by Crippen LogP contribution is -2.53. The summed E-state index contributed by atoms with van der Waals surface area (Å²) in [5, 5.41) is 0. The maximum atomic E-state index is 13.2. The van der Waals surface area contributed by atoms with Gasteiger partial charge in [0, 0.05) is 25.2 Å². The van der Waals surface area contributed by atoms with E-state index in [1.807, 2.05) is 6.92 Å². The van der Waals surface area contributed by atoms with Crippen molar-refractivity contribution < 1.29 is 18.0 Å². The van der Waals surface area contributed by atoms with Crippen molar-refractivity contribution in [2.75, 3.05) is 19.6 Å². The highest BCUT2D eigenvalue weighted by Gasteiger charge is 2.39. The molecule has 7 heteroatoms. The molecule has 0 aromatic heterocycles. The van der Waals surface area contributed by atoms with E-state index in [1.165, 1.54) is 35.5 Å². The summed E-state index contributed by atoms with van der Waals surface area (Å²) in [5.41, 5.74) is 0.469. The SMILES string of the molecule is CCCCN(CC)C(=O)C1CCCCN1S(=O)(=O)c1ccc(C(C)=O)cc1. The fourth-order valence-electron chi connectivity index (χ4n) is 3.42. The highest BCUT2D eigenvalue weighted by Crippen LogP contribution is 2.27. The fourth-order valence-corrected chi connectivity index (χ4v) is 5.07. The Bertz CT molecular complexity index is 759. The summed E-state index contributed by atoms with van der Waals surface area (Å²) in [4.78, 5) is 26.4. The molecule has 1 aromatic rings. The van der Waals surface area contributed by atoms with E-state index >= 15 is 0 Å². The largest absolute Gasteiger partial charge is 0.342 e. The van der Waals surface area contributed by atoms with Crippen LogP contribution < -0.4 is 0 Å². The van der Waals surface area contributed by atoms with Gasteiger partial charge in [0.15, 0.2) is 5.78 Å². The quantitative estimate of drug-likeness (QED) is 0.635. The van der Waals surface area contributed by atoms with Crippen molar-refractivity contribution in [3.8, 4) is 0 Å². The lowest BCUT2D eigenvalue weighted by atomic mass is 10.0. The van der Waals surface area contributed by atoms with E-state index in [0.717, 1.165) is 25.7 Å². The standard InChI is InChI=1S/C20H30N2O4S/c1-4-6-14-21(5-2)20(24)19-9-7-8-15-22(19)27(25,26)18-12-10-17(11-13-18)16(3)23/h10-13,19H,4-9,14-15H2,1-3H3. The first kappa shape index (κ1) is 21.6. The molecule has 1 aliphatic rings. The van der Waals surface area contributed by atoms with Crippen LogP contribution >= 0.6 is 0 Å². The summed E-state index contributed by atoms with van der Waals surface area (Å²) in [6, 6.07) is 5.31. The zero-order valence-electron chi connectivity index (χ0n) is 16.5. The van der Waals surface area contributed by atoms with Gasteiger partial charge in [-0.1, -0.05) is 31.9 Å². The molecule has 0 N–H and O–H groups in total. The van der Waals surface area contributed by atoms with E-state index in [0.29, 0.717) is 31.6 Å². The van der Waals surface area contributed by atoms with Crippen molar-refractivity contribution in [3.63, 3.8) is 0 Å². The zero-order chi connectivity index (χ0) is 20.0. The summed E-state index contributed by atoms with van der Waals surface area (Å²) >= 11 is 0. The minimum absolute atomic E-state index is 0.102. The molecule has 2 rings (SSSR count). The highest BCUT2D eigenvalue weighted by molar-refractivity contribution is 7.89. The van der Waals surface area contributed by atoms with Crippen LogP contribution in [0.1, 0.15) is 63.2 Å². The molecule has 27 heavy (non-hydrogen) atoms. The van der Waals surface area contributed by atoms with Crippen LogP contribution in [0.3, 0.4) is 0 Å². The molecule has 1 aromatic carbocycles. The van der Waals surface area contributed by atoms with Gasteiger partial charge < -0.3 is 4.90 Å². The number of piperidine rings is 1. The third-order valence-corrected chi connectivity index (χ3v) is 7.00. The number of nitrogens with zero attached hydrogens (tertiary/aromatic N) is 2. The van der Waals surface area contributed by atoms with Crippen LogP contribution in [-0.4, -0.2) is 55.0 Å². The number of ketones is 1. The molecule has 0 saturated carbocycles. The van der Waals surface area contributed by atoms with Gasteiger partial charge in [0.1, 0.15) is 6.04 Å². The first-order chi connectivity index (χ1) is 12.8. The minimum Gasteiger partial charge on any atom is -0.342 e. The van der Waals surface area contributed by atoms with Crippen LogP contribution in [0.15, 0.2) is 29.2 Å². The zero-order valence-corrected chi connectivity index (χ0v) is 17.3. The van der Waals surface area contributed by atoms with Gasteiger partial charge in [-0.25, -0.2) is 8.42 Å². The maximum absolute atomic E-state index is 13.2. The molecule has 1 saturated heterocycles. The molecule has 1 heterocycles. The van der Waals surface area contributed by atoms with Crippen LogP contribution in [-0.2, 0) is 14.8 Å². The molecule has 0 radical (unpaired) electrons. The number of rotatable bonds is 8. The number of carbonyl (C=O) groups is 2. The van der Waals surface area contributed by atoms with Crippen molar-refractivity contribution in [1.82, 2.24) is 9.21 Å². The number of sulfonamides is 1. The molecule has 1 fully saturated rings. The third kappa shape index (κ3) is 4.96. The predicted octanol–water partition coefficient (Wildman–Crippen LogP) is 3.08. The van der Waals surface area contributed by atoms with Gasteiger partial charge in [0.25, 0.3) is 0 Å². The molecule has 1 amide bonds. The van der Waals surface area contributed by atoms with Gasteiger partial charge in [-0.15, -0.1) is 0 Å². The first-order valence-corrected chi connectivity index (χ1v) is 11.2. The van der Waals surface area contributed by atoms with Crippen molar-refractivity contribution in [3.05, 3.63) is 29.8 Å². The second-order valence-corrected chi connectivity index (χ2v) is 8.87. The van der Waals surface area contributed by atoms with E-state index < -0.39 is 16.1 Å². The molecular weight excluding hydrogens is 364 g/mol. The average Bonchev–Trinajstić information content (AvgIpc) is 2.68. The number of likely N-dealkylation sites (N-methyl/N-ethyl adjacent to an activating group) is 1. The van der Waals surface area contributed by atoms with Crippen molar-refractivity contribution >= 4 is 21.7 Å². The van der Waals surface area contributed by atoms with Gasteiger partial charge in [-0.3, -0.25) is 9.59 Å². The Hall–Kier alpha value is -1.73. The highest BCUT2D eigenvalue weighted by atomic mass is 32.2. The Morgan fingerprint density at radius 3 is 2.37 bits per heavy atom. The monoisotopic (exact) mass is 394 g/mol. The van der Waals surface area contributed by atoms with Gasteiger partial charge in [-0.05, 0) is 45.2 Å². The molecule has 150 valence electrons. The van der Waals surface area contributed by atoms with E-state index in [4.69, 9.17) is 0 Å². The van der Waals surface area contributed by atoms with E-state index in [2.05, 4.69) is 6.92 Å². The van der Waals surface area contributed by atoms with Crippen LogP contribution in [0, 0.1) is 0 Å². The molecule has 1 aliphatic heterocycles. The number of benzene rings is 1. The van der Waals surface area contributed by atoms with Crippen LogP contribution in [0.25, 0.3) is 0 Å². The molecule has 0 spiro atoms. The molecule has 1 unspecified atom stereocenters. The summed E-state index contributed by atoms with van der Waals surface area (Å²) in [7, 11) is -3.79. The van der Waals surface area contributed by atoms with Crippen molar-refractivity contribution in [2.24, 2.45) is 0 Å². The number of Topliss-reactive ketones (excluding diaryl/α,β-unsaturated/α-hetero) is 1. The second-order valence-electron chi connectivity index (χ2n) is 6.98. The number of amides is 1. The number of unbranched alkanes of at least 4 members (excludes halogenated alkanes) is 1. The number of hydrogen-bond acceptors (Lipinski definition) is 4. The molecule has 0 aliphatic carbocycles. The minimum atomic E-state index is -3.79. The van der Waals surface area contributed by atoms with Gasteiger partial charge >= 0.3 is 0 Å². The molecular formula is C20H30N2O4S. The molecule has 6 nitrogen and oxygen atoms in total. The van der Waals surface area contributed by atoms with Gasteiger partial charge in [-0.2, -0.15) is 4.31 Å². The lowest BCUT2D eigenvalue weighted by molar-refractivity contribution is -0.136. The number of hydrogen-bond donors (Lipinski definition) is 0. The van der Waals surface area contributed by atoms with E-state index in [9.17, 15) is 18.0 Å². The third-order valence-electron chi connectivity index (χ3n) is 5.08. The molecule has 1 atom stereocenters. The second kappa shape index (κ2) is 9.46. The van der Waals surface area contributed by atoms with Crippen LogP contribution in [0.2, 0.25) is 0 Å². The molecule has 0 bridgehead atoms. The average molecular weight is 395 g/mol. The van der Waals surface area contributed by atoms with Crippen molar-refractivity contribution in [1.29, 1.82) is 0 Å². The van der Waals surface area contributed by atoms with E-state index in [-0.39, 0.29) is 16.6 Å². The topological polar surface area (TPSA) is 74.8 Å². The lowest BCUT2D eigenvalue weighted by Gasteiger charge is -2.36. The summed E-state index contributed by atoms with van der Waals surface area (Å²) < 4.78 is 27.7. The Morgan fingerprint density at radius 2 is 1.81 bits per heavy atom. The smallest absolute Gasteiger partial charge is 0.243 e. The summed E-state index contributed by atoms with van der Waals surface area (Å²) in [5.74, 6) is -0.214. The van der Waals surface area contributed by atoms with Crippen molar-refractivity contribution in [2.45, 2.75) is 63.8 Å². The fraction of sp³-hybridized carbons (Fsp3) is 0.600. The van der Waals surface area contributed by atoms with Gasteiger partial charge in [0.2, 0.25) is 15.9 Å². The number of carbonyl (C=O) groups excluding carboxylic acids is 2. The maximum Gasteiger partial charge on any atom is 0.243 e. The Morgan fingerprint density at radius 1 is 1.15 bits per heavy atom. The van der Waals surface area contributed by atoms with Crippen LogP contribution in [0.5, 0.6) is 0 Å². The Balaban J connectivity index is 2.29. The summed E-state index contributed by atoms with van der Waals surface area (Å²) in [6.07, 6.45) is 4.03. The van der Waals surface area contributed by atoms with E-state index in [1.54, 1.807) is 4.90 Å². The first-order valence-electron chi connectivity index (χ1n) is 9.74. The van der Waals surface area contributed by atoms with Gasteiger partial charge in [0.05, 0.1) is 4.90 Å². The summed E-state index contributed by atoms with van der Waals surface area (Å²) in [6.45, 7) is 7.02. The normalized spacial score (nSPS) is 18.3. The Kier molecular flexibility index (Phi) is 7.56. The van der Waals surface area contributed by atoms with Crippen LogP contribution in [0.4, 0.5) is 0 Å². The Labute approximate surface area is 162 Å².